The van der Waals surface area contributed by atoms with Gasteiger partial charge in [0.15, 0.2) is 0 Å². The first-order chi connectivity index (χ1) is 21.0. The number of benzene rings is 2. The highest BCUT2D eigenvalue weighted by molar-refractivity contribution is 5.78. The molecule has 230 valence electrons. The van der Waals surface area contributed by atoms with Crippen molar-refractivity contribution in [3.8, 4) is 47.3 Å². The number of terminal acetylenes is 2. The van der Waals surface area contributed by atoms with Crippen molar-refractivity contribution in [1.29, 1.82) is 0 Å². The number of rotatable bonds is 1. The summed E-state index contributed by atoms with van der Waals surface area (Å²) in [5.74, 6) is 8.47. The third-order valence-corrected chi connectivity index (χ3v) is 14.8. The van der Waals surface area contributed by atoms with Crippen LogP contribution >= 0.6 is 0 Å². The molecule has 0 bridgehead atoms. The molecule has 0 heterocycles. The number of phenolic OH excluding ortho intramolecular Hbond substituents is 2. The fourth-order valence-corrected chi connectivity index (χ4v) is 12.2. The molecule has 6 aliphatic carbocycles. The van der Waals surface area contributed by atoms with Crippen molar-refractivity contribution < 1.29 is 20.4 Å². The minimum absolute atomic E-state index is 0.235. The molecule has 0 aliphatic heterocycles. The van der Waals surface area contributed by atoms with Crippen molar-refractivity contribution in [2.75, 3.05) is 0 Å². The van der Waals surface area contributed by atoms with E-state index in [-0.39, 0.29) is 22.3 Å². The van der Waals surface area contributed by atoms with Gasteiger partial charge in [0.1, 0.15) is 22.7 Å². The molecule has 0 radical (unpaired) electrons. The third kappa shape index (κ3) is 3.51. The van der Waals surface area contributed by atoms with Crippen LogP contribution in [0.25, 0.3) is 11.1 Å². The van der Waals surface area contributed by atoms with Crippen molar-refractivity contribution in [1.82, 2.24) is 0 Å². The number of aliphatic hydroxyl groups is 2. The Labute approximate surface area is 262 Å². The summed E-state index contributed by atoms with van der Waals surface area (Å²) in [5, 5.41) is 45.5. The number of aromatic hydroxyl groups is 2. The SMILES string of the molecule is C#C[C@]1(O)CC[C@H]2[C@@H]3CCc4cc(O)c(-c5cc6c(cc5O)CC[C@@H]5[C@@H]6CC[C@@]6(C)[C@H]5CC[C@@]6(O)C#C)cc4[C@H]3CC[C@@]21C. The van der Waals surface area contributed by atoms with Gasteiger partial charge in [-0.2, -0.15) is 0 Å². The summed E-state index contributed by atoms with van der Waals surface area (Å²) in [6, 6.07) is 8.26. The molecule has 4 heteroatoms. The summed E-state index contributed by atoms with van der Waals surface area (Å²) in [5.41, 5.74) is 3.92. The summed E-state index contributed by atoms with van der Waals surface area (Å²) in [7, 11) is 0. The van der Waals surface area contributed by atoms with E-state index in [9.17, 15) is 20.4 Å². The first-order valence-corrected chi connectivity index (χ1v) is 17.1. The highest BCUT2D eigenvalue weighted by Crippen LogP contribution is 2.66. The molecule has 2 aromatic carbocycles. The lowest BCUT2D eigenvalue weighted by Gasteiger charge is -2.52. The Balaban J connectivity index is 1.15. The maximum Gasteiger partial charge on any atom is 0.130 e. The Bertz CT molecular complexity index is 1520. The molecule has 6 aliphatic rings. The van der Waals surface area contributed by atoms with Crippen molar-refractivity contribution in [2.24, 2.45) is 34.5 Å². The Morgan fingerprint density at radius 2 is 1.02 bits per heavy atom. The number of fused-ring (bicyclic) bond motifs is 10. The van der Waals surface area contributed by atoms with E-state index in [2.05, 4.69) is 37.8 Å². The second-order valence-corrected chi connectivity index (χ2v) is 16.0. The van der Waals surface area contributed by atoms with E-state index in [0.717, 1.165) is 75.3 Å². The van der Waals surface area contributed by atoms with Crippen LogP contribution in [0.4, 0.5) is 0 Å². The maximum atomic E-state index is 11.4. The topological polar surface area (TPSA) is 80.9 Å². The molecular formula is C40H46O4. The molecule has 0 unspecified atom stereocenters. The molecule has 44 heavy (non-hydrogen) atoms. The monoisotopic (exact) mass is 590 g/mol. The first kappa shape index (κ1) is 28.5. The normalized spacial score (nSPS) is 43.3. The van der Waals surface area contributed by atoms with Gasteiger partial charge < -0.3 is 20.4 Å². The van der Waals surface area contributed by atoms with E-state index < -0.39 is 11.2 Å². The Hall–Kier alpha value is -2.92. The van der Waals surface area contributed by atoms with Gasteiger partial charge in [-0.3, -0.25) is 0 Å². The van der Waals surface area contributed by atoms with Crippen molar-refractivity contribution in [2.45, 2.75) is 114 Å². The standard InChI is InChI=1S/C40H46O4/c1-5-39(43)17-13-33-27-9-7-23-19-35(41)31(21-29(23)25(27)11-15-37(33,39)3)32-22-30-24(20-36(32)42)8-10-28-26(30)12-16-38(4)34(28)14-18-40(38,44)6-2/h1-2,19-22,25-28,33-34,41-44H,7-18H2,3-4H3/t25-,26-,27+,28+,33-,34-,37-,38-,39-,40-/m0/s1. The first-order valence-electron chi connectivity index (χ1n) is 17.1. The number of aryl methyl sites for hydroxylation is 2. The lowest BCUT2D eigenvalue weighted by atomic mass is 9.53. The lowest BCUT2D eigenvalue weighted by molar-refractivity contribution is -0.0647. The number of hydrogen-bond acceptors (Lipinski definition) is 4. The van der Waals surface area contributed by atoms with E-state index in [1.807, 2.05) is 12.1 Å². The lowest BCUT2D eigenvalue weighted by Crippen LogP contribution is -2.50. The van der Waals surface area contributed by atoms with Gasteiger partial charge in [-0.1, -0.05) is 25.7 Å². The predicted octanol–water partition coefficient (Wildman–Crippen LogP) is 7.21. The van der Waals surface area contributed by atoms with Gasteiger partial charge in [0.2, 0.25) is 0 Å². The summed E-state index contributed by atoms with van der Waals surface area (Å²) >= 11 is 0. The Morgan fingerprint density at radius 3 is 1.41 bits per heavy atom. The summed E-state index contributed by atoms with van der Waals surface area (Å²) in [6.45, 7) is 4.42. The zero-order chi connectivity index (χ0) is 30.8. The predicted molar refractivity (Wildman–Crippen MR) is 172 cm³/mol. The van der Waals surface area contributed by atoms with E-state index >= 15 is 0 Å². The summed E-state index contributed by atoms with van der Waals surface area (Å²) in [6.07, 6.45) is 22.7. The molecule has 4 saturated carbocycles. The van der Waals surface area contributed by atoms with Crippen molar-refractivity contribution >= 4 is 0 Å². The van der Waals surface area contributed by atoms with Gasteiger partial charge in [0, 0.05) is 22.0 Å². The molecule has 10 atom stereocenters. The molecule has 4 fully saturated rings. The van der Waals surface area contributed by atoms with Crippen LogP contribution < -0.4 is 0 Å². The van der Waals surface area contributed by atoms with Gasteiger partial charge in [0.05, 0.1) is 0 Å². The largest absolute Gasteiger partial charge is 0.507 e. The fraction of sp³-hybridized carbons (Fsp3) is 0.600. The average molecular weight is 591 g/mol. The quantitative estimate of drug-likeness (QED) is 0.265. The minimum Gasteiger partial charge on any atom is -0.507 e. The van der Waals surface area contributed by atoms with Gasteiger partial charge >= 0.3 is 0 Å². The average Bonchev–Trinajstić information content (AvgIpc) is 3.45. The Kier molecular flexibility index (Phi) is 6.04. The Morgan fingerprint density at radius 1 is 0.614 bits per heavy atom. The third-order valence-electron chi connectivity index (χ3n) is 14.8. The molecule has 4 nitrogen and oxygen atoms in total. The second-order valence-electron chi connectivity index (χ2n) is 16.0. The molecular weight excluding hydrogens is 544 g/mol. The second kappa shape index (κ2) is 9.31. The smallest absolute Gasteiger partial charge is 0.130 e. The summed E-state index contributed by atoms with van der Waals surface area (Å²) in [4.78, 5) is 0. The van der Waals surface area contributed by atoms with Gasteiger partial charge in [-0.15, -0.1) is 12.8 Å². The van der Waals surface area contributed by atoms with Crippen LogP contribution in [0, 0.1) is 59.2 Å². The van der Waals surface area contributed by atoms with Crippen LogP contribution in [0.1, 0.15) is 112 Å². The molecule has 0 saturated heterocycles. The van der Waals surface area contributed by atoms with Crippen molar-refractivity contribution in [3.05, 3.63) is 46.5 Å². The molecule has 0 spiro atoms. The molecule has 2 aromatic rings. The van der Waals surface area contributed by atoms with Crippen LogP contribution in [-0.4, -0.2) is 31.6 Å². The molecule has 0 amide bonds. The van der Waals surface area contributed by atoms with Crippen LogP contribution in [0.15, 0.2) is 24.3 Å². The van der Waals surface area contributed by atoms with E-state index in [0.29, 0.717) is 48.3 Å². The van der Waals surface area contributed by atoms with E-state index in [1.54, 1.807) is 0 Å². The van der Waals surface area contributed by atoms with Gasteiger partial charge in [-0.25, -0.2) is 0 Å². The van der Waals surface area contributed by atoms with Crippen molar-refractivity contribution in [3.63, 3.8) is 0 Å². The van der Waals surface area contributed by atoms with Crippen LogP contribution in [0.5, 0.6) is 11.5 Å². The maximum absolute atomic E-state index is 11.4. The van der Waals surface area contributed by atoms with Crippen LogP contribution in [0.3, 0.4) is 0 Å². The fourth-order valence-electron chi connectivity index (χ4n) is 12.2. The number of hydrogen-bond donors (Lipinski definition) is 4. The van der Waals surface area contributed by atoms with Crippen LogP contribution in [0.2, 0.25) is 0 Å². The molecule has 4 N–H and O–H groups in total. The van der Waals surface area contributed by atoms with Crippen LogP contribution in [-0.2, 0) is 12.8 Å². The van der Waals surface area contributed by atoms with E-state index in [1.165, 1.54) is 22.3 Å². The zero-order valence-corrected chi connectivity index (χ0v) is 26.2. The summed E-state index contributed by atoms with van der Waals surface area (Å²) < 4.78 is 0. The number of phenols is 2. The van der Waals surface area contributed by atoms with E-state index in [4.69, 9.17) is 12.8 Å². The molecule has 8 rings (SSSR count). The van der Waals surface area contributed by atoms with Gasteiger partial charge in [-0.05, 0) is 159 Å². The molecule has 0 aromatic heterocycles. The zero-order valence-electron chi connectivity index (χ0n) is 26.2. The highest BCUT2D eigenvalue weighted by Gasteiger charge is 2.62. The highest BCUT2D eigenvalue weighted by atomic mass is 16.3. The minimum atomic E-state index is -1.02. The van der Waals surface area contributed by atoms with Gasteiger partial charge in [0.25, 0.3) is 0 Å².